The molecule has 0 saturated carbocycles. The number of aromatic nitrogens is 2. The van der Waals surface area contributed by atoms with Crippen molar-refractivity contribution in [1.29, 1.82) is 5.26 Å². The van der Waals surface area contributed by atoms with E-state index in [0.717, 1.165) is 6.54 Å². The maximum Gasteiger partial charge on any atom is 0.317 e. The lowest BCUT2D eigenvalue weighted by atomic mass is 10.5. The van der Waals surface area contributed by atoms with Crippen LogP contribution in [-0.4, -0.2) is 40.1 Å². The molecule has 78 valence electrons. The van der Waals surface area contributed by atoms with Crippen molar-refractivity contribution in [2.24, 2.45) is 0 Å². The van der Waals surface area contributed by atoms with Gasteiger partial charge in [0.15, 0.2) is 0 Å². The number of rotatable bonds is 3. The molecule has 0 spiro atoms. The van der Waals surface area contributed by atoms with Gasteiger partial charge in [-0.15, -0.1) is 0 Å². The molecule has 0 atom stereocenters. The van der Waals surface area contributed by atoms with E-state index in [1.165, 1.54) is 0 Å². The number of hydrogen-bond donors (Lipinski definition) is 1. The summed E-state index contributed by atoms with van der Waals surface area (Å²) < 4.78 is 1.74. The molecule has 0 aromatic carbocycles. The van der Waals surface area contributed by atoms with Gasteiger partial charge in [0.25, 0.3) is 0 Å². The van der Waals surface area contributed by atoms with E-state index in [0.29, 0.717) is 25.5 Å². The van der Waals surface area contributed by atoms with Crippen molar-refractivity contribution >= 4 is 6.03 Å². The third-order valence-electron chi connectivity index (χ3n) is 2.37. The molecule has 0 unspecified atom stereocenters. The van der Waals surface area contributed by atoms with Gasteiger partial charge in [-0.05, 0) is 0 Å². The maximum atomic E-state index is 11.2. The SMILES string of the molecule is N#Cc1nccn1CCN1CCNC1=O. The fraction of sp³-hybridized carbons (Fsp3) is 0.444. The number of imidazole rings is 1. The first kappa shape index (κ1) is 9.52. The van der Waals surface area contributed by atoms with E-state index in [1.807, 2.05) is 6.07 Å². The summed E-state index contributed by atoms with van der Waals surface area (Å²) in [7, 11) is 0. The van der Waals surface area contributed by atoms with Crippen molar-refractivity contribution in [3.8, 4) is 6.07 Å². The first-order valence-electron chi connectivity index (χ1n) is 4.75. The molecule has 15 heavy (non-hydrogen) atoms. The molecule has 1 fully saturated rings. The highest BCUT2D eigenvalue weighted by Crippen LogP contribution is 2.00. The van der Waals surface area contributed by atoms with E-state index in [4.69, 9.17) is 5.26 Å². The lowest BCUT2D eigenvalue weighted by Gasteiger charge is -2.14. The van der Waals surface area contributed by atoms with Crippen LogP contribution >= 0.6 is 0 Å². The highest BCUT2D eigenvalue weighted by molar-refractivity contribution is 5.76. The molecule has 0 bridgehead atoms. The zero-order valence-electron chi connectivity index (χ0n) is 8.18. The summed E-state index contributed by atoms with van der Waals surface area (Å²) in [5, 5.41) is 11.5. The molecule has 2 amide bonds. The van der Waals surface area contributed by atoms with Gasteiger partial charge in [-0.25, -0.2) is 9.78 Å². The molecule has 2 rings (SSSR count). The van der Waals surface area contributed by atoms with Crippen molar-refractivity contribution in [1.82, 2.24) is 19.8 Å². The summed E-state index contributed by atoms with van der Waals surface area (Å²) in [6.45, 7) is 2.65. The average molecular weight is 205 g/mol. The molecular weight excluding hydrogens is 194 g/mol. The Hall–Kier alpha value is -2.03. The van der Waals surface area contributed by atoms with Crippen LogP contribution < -0.4 is 5.32 Å². The minimum atomic E-state index is -0.0337. The van der Waals surface area contributed by atoms with Gasteiger partial charge in [0.1, 0.15) is 6.07 Å². The Morgan fingerprint density at radius 3 is 3.13 bits per heavy atom. The smallest absolute Gasteiger partial charge is 0.317 e. The molecule has 2 heterocycles. The Kier molecular flexibility index (Phi) is 2.54. The van der Waals surface area contributed by atoms with Gasteiger partial charge in [0.2, 0.25) is 5.82 Å². The van der Waals surface area contributed by atoms with Crippen molar-refractivity contribution in [2.75, 3.05) is 19.6 Å². The monoisotopic (exact) mass is 205 g/mol. The predicted molar refractivity (Wildman–Crippen MR) is 51.9 cm³/mol. The highest BCUT2D eigenvalue weighted by Gasteiger charge is 2.18. The third kappa shape index (κ3) is 1.91. The molecule has 1 aromatic heterocycles. The van der Waals surface area contributed by atoms with E-state index in [1.54, 1.807) is 21.9 Å². The molecule has 1 N–H and O–H groups in total. The molecule has 1 saturated heterocycles. The van der Waals surface area contributed by atoms with E-state index in [-0.39, 0.29) is 6.03 Å². The predicted octanol–water partition coefficient (Wildman–Crippen LogP) is -0.220. The van der Waals surface area contributed by atoms with Crippen LogP contribution in [0.2, 0.25) is 0 Å². The van der Waals surface area contributed by atoms with Crippen LogP contribution in [0.25, 0.3) is 0 Å². The van der Waals surface area contributed by atoms with Gasteiger partial charge >= 0.3 is 6.03 Å². The zero-order valence-corrected chi connectivity index (χ0v) is 8.18. The lowest BCUT2D eigenvalue weighted by Crippen LogP contribution is -2.31. The van der Waals surface area contributed by atoms with Crippen LogP contribution in [0.4, 0.5) is 4.79 Å². The zero-order chi connectivity index (χ0) is 10.7. The minimum absolute atomic E-state index is 0.0337. The molecule has 6 nitrogen and oxygen atoms in total. The number of hydrogen-bond acceptors (Lipinski definition) is 3. The molecular formula is C9H11N5O. The molecule has 1 aromatic rings. The number of amides is 2. The third-order valence-corrected chi connectivity index (χ3v) is 2.37. The summed E-state index contributed by atoms with van der Waals surface area (Å²) in [6.07, 6.45) is 3.33. The summed E-state index contributed by atoms with van der Waals surface area (Å²) in [5.41, 5.74) is 0. The van der Waals surface area contributed by atoms with Crippen LogP contribution in [0.1, 0.15) is 5.82 Å². The van der Waals surface area contributed by atoms with Crippen LogP contribution in [0.5, 0.6) is 0 Å². The Morgan fingerprint density at radius 1 is 1.60 bits per heavy atom. The number of nitrogens with one attached hydrogen (secondary N) is 1. The molecule has 0 radical (unpaired) electrons. The second kappa shape index (κ2) is 4.00. The van der Waals surface area contributed by atoms with Gasteiger partial charge in [-0.1, -0.05) is 0 Å². The quantitative estimate of drug-likeness (QED) is 0.741. The topological polar surface area (TPSA) is 74.0 Å². The number of nitriles is 1. The van der Waals surface area contributed by atoms with Gasteiger partial charge in [-0.3, -0.25) is 0 Å². The van der Waals surface area contributed by atoms with Crippen molar-refractivity contribution in [3.05, 3.63) is 18.2 Å². The molecule has 1 aliphatic heterocycles. The molecule has 0 aliphatic carbocycles. The van der Waals surface area contributed by atoms with E-state index in [9.17, 15) is 4.79 Å². The fourth-order valence-corrected chi connectivity index (χ4v) is 1.56. The van der Waals surface area contributed by atoms with Crippen molar-refractivity contribution in [2.45, 2.75) is 6.54 Å². The second-order valence-electron chi connectivity index (χ2n) is 3.28. The van der Waals surface area contributed by atoms with Crippen LogP contribution in [-0.2, 0) is 6.54 Å². The Balaban J connectivity index is 1.93. The second-order valence-corrected chi connectivity index (χ2v) is 3.28. The number of urea groups is 1. The van der Waals surface area contributed by atoms with Gasteiger partial charge in [0, 0.05) is 38.6 Å². The minimum Gasteiger partial charge on any atom is -0.336 e. The highest BCUT2D eigenvalue weighted by atomic mass is 16.2. The van der Waals surface area contributed by atoms with E-state index >= 15 is 0 Å². The summed E-state index contributed by atoms with van der Waals surface area (Å²) in [5.74, 6) is 0.384. The summed E-state index contributed by atoms with van der Waals surface area (Å²) >= 11 is 0. The first-order valence-corrected chi connectivity index (χ1v) is 4.75. The molecule has 6 heteroatoms. The number of carbonyl (C=O) groups is 1. The standard InChI is InChI=1S/C9H11N5O/c10-7-8-11-1-3-13(8)5-6-14-4-2-12-9(14)15/h1,3H,2,4-6H2,(H,12,15). The van der Waals surface area contributed by atoms with Crippen LogP contribution in [0.3, 0.4) is 0 Å². The fourth-order valence-electron chi connectivity index (χ4n) is 1.56. The Bertz CT molecular complexity index is 405. The van der Waals surface area contributed by atoms with Gasteiger partial charge in [0.05, 0.1) is 0 Å². The first-order chi connectivity index (χ1) is 7.31. The number of carbonyl (C=O) groups excluding carboxylic acids is 1. The number of nitrogens with zero attached hydrogens (tertiary/aromatic N) is 4. The average Bonchev–Trinajstić information content (AvgIpc) is 2.83. The normalized spacial score (nSPS) is 15.1. The largest absolute Gasteiger partial charge is 0.336 e. The van der Waals surface area contributed by atoms with Gasteiger partial charge < -0.3 is 14.8 Å². The Morgan fingerprint density at radius 2 is 2.47 bits per heavy atom. The van der Waals surface area contributed by atoms with E-state index in [2.05, 4.69) is 10.3 Å². The van der Waals surface area contributed by atoms with E-state index < -0.39 is 0 Å². The summed E-state index contributed by atoms with van der Waals surface area (Å²) in [6, 6.07) is 1.96. The van der Waals surface area contributed by atoms with Crippen molar-refractivity contribution < 1.29 is 4.79 Å². The Labute approximate surface area is 87.1 Å². The van der Waals surface area contributed by atoms with Crippen molar-refractivity contribution in [3.63, 3.8) is 0 Å². The maximum absolute atomic E-state index is 11.2. The lowest BCUT2D eigenvalue weighted by molar-refractivity contribution is 0.215. The molecule has 1 aliphatic rings. The van der Waals surface area contributed by atoms with Crippen LogP contribution in [0.15, 0.2) is 12.4 Å². The summed E-state index contributed by atoms with van der Waals surface area (Å²) in [4.78, 5) is 16.8. The van der Waals surface area contributed by atoms with Gasteiger partial charge in [-0.2, -0.15) is 5.26 Å². The van der Waals surface area contributed by atoms with Crippen LogP contribution in [0, 0.1) is 11.3 Å².